The van der Waals surface area contributed by atoms with Crippen LogP contribution in [0.15, 0.2) is 48.3 Å². The van der Waals surface area contributed by atoms with Crippen molar-refractivity contribution in [1.29, 1.82) is 0 Å². The fraction of sp³-hybridized carbons (Fsp3) is 0.429. The molecule has 196 valence electrons. The normalized spacial score (nSPS) is 19.8. The van der Waals surface area contributed by atoms with E-state index in [-0.39, 0.29) is 23.5 Å². The van der Waals surface area contributed by atoms with Crippen molar-refractivity contribution in [2.45, 2.75) is 52.1 Å². The summed E-state index contributed by atoms with van der Waals surface area (Å²) in [7, 11) is 0. The molecule has 37 heavy (non-hydrogen) atoms. The van der Waals surface area contributed by atoms with Gasteiger partial charge < -0.3 is 24.4 Å². The number of aliphatic hydroxyl groups is 1. The third-order valence-electron chi connectivity index (χ3n) is 6.80. The van der Waals surface area contributed by atoms with Crippen LogP contribution in [0, 0.1) is 6.92 Å². The number of hydrogen-bond donors (Lipinski definition) is 1. The summed E-state index contributed by atoms with van der Waals surface area (Å²) >= 11 is 0. The van der Waals surface area contributed by atoms with E-state index in [1.54, 1.807) is 59.4 Å². The van der Waals surface area contributed by atoms with Crippen molar-refractivity contribution in [1.82, 2.24) is 14.8 Å². The number of Topliss-reactive ketones (excluding diaryl/α,β-unsaturated/α-hetero) is 1. The first-order valence-corrected chi connectivity index (χ1v) is 12.7. The molecule has 1 aromatic heterocycles. The van der Waals surface area contributed by atoms with Crippen LogP contribution >= 0.6 is 0 Å². The first-order chi connectivity index (χ1) is 17.9. The molecule has 2 aliphatic rings. The zero-order valence-corrected chi connectivity index (χ0v) is 21.5. The number of nitrogens with zero attached hydrogens (tertiary/aromatic N) is 3. The van der Waals surface area contributed by atoms with Gasteiger partial charge in [-0.3, -0.25) is 14.6 Å². The molecule has 1 aromatic carbocycles. The van der Waals surface area contributed by atoms with E-state index in [1.165, 1.54) is 0 Å². The minimum absolute atomic E-state index is 0.0469. The van der Waals surface area contributed by atoms with E-state index in [0.29, 0.717) is 56.0 Å². The van der Waals surface area contributed by atoms with E-state index in [9.17, 15) is 19.5 Å². The van der Waals surface area contributed by atoms with E-state index in [0.717, 1.165) is 12.0 Å². The lowest BCUT2D eigenvalue weighted by Gasteiger charge is -2.38. The van der Waals surface area contributed by atoms with Crippen molar-refractivity contribution in [3.8, 4) is 5.75 Å². The van der Waals surface area contributed by atoms with Gasteiger partial charge in [0.05, 0.1) is 24.8 Å². The molecule has 9 nitrogen and oxygen atoms in total. The second-order valence-electron chi connectivity index (χ2n) is 9.23. The summed E-state index contributed by atoms with van der Waals surface area (Å²) in [6.45, 7) is 7.34. The standard InChI is InChI=1S/C28H33N3O6/c1-4-16-37-22-7-6-20(17-18(22)3)25(32)23-24(19-8-12-29-13-9-19)31(27(34)26(23)33)21-10-14-30(15-11-21)28(35)36-5-2/h6-9,12-13,17,21,24,32H,4-5,10-11,14-16H2,1-3H3/b25-23+. The smallest absolute Gasteiger partial charge is 0.409 e. The average molecular weight is 508 g/mol. The predicted octanol–water partition coefficient (Wildman–Crippen LogP) is 4.22. The van der Waals surface area contributed by atoms with E-state index in [4.69, 9.17) is 9.47 Å². The molecule has 2 fully saturated rings. The highest BCUT2D eigenvalue weighted by Crippen LogP contribution is 2.42. The highest BCUT2D eigenvalue weighted by Gasteiger charge is 2.49. The van der Waals surface area contributed by atoms with Crippen LogP contribution in [0.2, 0.25) is 0 Å². The fourth-order valence-electron chi connectivity index (χ4n) is 4.97. The Hall–Kier alpha value is -3.88. The SMILES string of the molecule is CCCOc1ccc(/C(O)=C2\C(=O)C(=O)N(C3CCN(C(=O)OCC)CC3)C2c2ccncc2)cc1C. The van der Waals surface area contributed by atoms with Crippen molar-refractivity contribution >= 4 is 23.5 Å². The van der Waals surface area contributed by atoms with Gasteiger partial charge in [0.2, 0.25) is 0 Å². The van der Waals surface area contributed by atoms with Gasteiger partial charge in [-0.15, -0.1) is 0 Å². The summed E-state index contributed by atoms with van der Waals surface area (Å²) in [5.74, 6) is -0.900. The number of amides is 2. The number of rotatable bonds is 7. The summed E-state index contributed by atoms with van der Waals surface area (Å²) in [5, 5.41) is 11.4. The molecular weight excluding hydrogens is 474 g/mol. The van der Waals surface area contributed by atoms with Crippen LogP contribution in [0.1, 0.15) is 55.8 Å². The monoisotopic (exact) mass is 507 g/mol. The summed E-state index contributed by atoms with van der Waals surface area (Å²) in [4.78, 5) is 46.2. The minimum atomic E-state index is -0.765. The fourth-order valence-corrected chi connectivity index (χ4v) is 4.97. The quantitative estimate of drug-likeness (QED) is 0.339. The Morgan fingerprint density at radius 1 is 1.11 bits per heavy atom. The molecule has 4 rings (SSSR count). The van der Waals surface area contributed by atoms with Gasteiger partial charge in [0.1, 0.15) is 11.5 Å². The van der Waals surface area contributed by atoms with Gasteiger partial charge in [0.15, 0.2) is 0 Å². The zero-order valence-electron chi connectivity index (χ0n) is 21.5. The Balaban J connectivity index is 1.70. The maximum atomic E-state index is 13.4. The van der Waals surface area contributed by atoms with E-state index < -0.39 is 17.7 Å². The molecule has 0 bridgehead atoms. The van der Waals surface area contributed by atoms with Gasteiger partial charge in [-0.25, -0.2) is 4.79 Å². The average Bonchev–Trinajstić information content (AvgIpc) is 3.18. The van der Waals surface area contributed by atoms with Gasteiger partial charge in [0.25, 0.3) is 11.7 Å². The van der Waals surface area contributed by atoms with Crippen molar-refractivity contribution in [3.63, 3.8) is 0 Å². The number of hydrogen-bond acceptors (Lipinski definition) is 7. The lowest BCUT2D eigenvalue weighted by molar-refractivity contribution is -0.142. The Morgan fingerprint density at radius 2 is 1.81 bits per heavy atom. The van der Waals surface area contributed by atoms with Crippen molar-refractivity contribution in [3.05, 3.63) is 65.0 Å². The number of ether oxygens (including phenoxy) is 2. The summed E-state index contributed by atoms with van der Waals surface area (Å²) < 4.78 is 10.8. The molecule has 0 radical (unpaired) electrons. The van der Waals surface area contributed by atoms with Gasteiger partial charge >= 0.3 is 6.09 Å². The maximum Gasteiger partial charge on any atom is 0.409 e. The lowest BCUT2D eigenvalue weighted by Crippen LogP contribution is -2.48. The molecule has 1 atom stereocenters. The van der Waals surface area contributed by atoms with Gasteiger partial charge in [-0.1, -0.05) is 6.92 Å². The second kappa shape index (κ2) is 11.5. The summed E-state index contributed by atoms with van der Waals surface area (Å²) in [5.41, 5.74) is 1.99. The van der Waals surface area contributed by atoms with Gasteiger partial charge in [-0.05, 0) is 74.6 Å². The number of benzene rings is 1. The molecule has 1 N–H and O–H groups in total. The Kier molecular flexibility index (Phi) is 8.11. The van der Waals surface area contributed by atoms with Crippen molar-refractivity contribution in [2.75, 3.05) is 26.3 Å². The minimum Gasteiger partial charge on any atom is -0.507 e. The van der Waals surface area contributed by atoms with Crippen molar-refractivity contribution < 1.29 is 29.0 Å². The number of carbonyl (C=O) groups is 3. The molecule has 0 spiro atoms. The molecule has 0 aliphatic carbocycles. The van der Waals surface area contributed by atoms with E-state index >= 15 is 0 Å². The first-order valence-electron chi connectivity index (χ1n) is 12.7. The van der Waals surface area contributed by atoms with E-state index in [1.807, 2.05) is 13.8 Å². The molecule has 2 saturated heterocycles. The number of pyridine rings is 1. The van der Waals surface area contributed by atoms with Crippen LogP contribution in [0.25, 0.3) is 5.76 Å². The largest absolute Gasteiger partial charge is 0.507 e. The molecule has 3 heterocycles. The molecule has 2 aromatic rings. The number of aromatic nitrogens is 1. The Morgan fingerprint density at radius 3 is 2.43 bits per heavy atom. The molecule has 0 saturated carbocycles. The number of carbonyl (C=O) groups excluding carboxylic acids is 3. The summed E-state index contributed by atoms with van der Waals surface area (Å²) in [6.07, 6.45) is 4.68. The predicted molar refractivity (Wildman–Crippen MR) is 137 cm³/mol. The molecular formula is C28H33N3O6. The van der Waals surface area contributed by atoms with Crippen LogP contribution in [0.4, 0.5) is 4.79 Å². The van der Waals surface area contributed by atoms with Gasteiger partial charge in [-0.2, -0.15) is 0 Å². The molecule has 2 amide bonds. The first kappa shape index (κ1) is 26.2. The lowest BCUT2D eigenvalue weighted by atomic mass is 9.94. The number of aliphatic hydroxyl groups excluding tert-OH is 1. The van der Waals surface area contributed by atoms with Crippen LogP contribution in [-0.2, 0) is 14.3 Å². The van der Waals surface area contributed by atoms with Crippen LogP contribution in [0.3, 0.4) is 0 Å². The topological polar surface area (TPSA) is 109 Å². The molecule has 9 heteroatoms. The number of ketones is 1. The van der Waals surface area contributed by atoms with Crippen molar-refractivity contribution in [2.24, 2.45) is 0 Å². The van der Waals surface area contributed by atoms with E-state index in [2.05, 4.69) is 4.98 Å². The molecule has 1 unspecified atom stereocenters. The maximum absolute atomic E-state index is 13.4. The Bertz CT molecular complexity index is 1190. The van der Waals surface area contributed by atoms with Crippen LogP contribution in [-0.4, -0.2) is 70.0 Å². The summed E-state index contributed by atoms with van der Waals surface area (Å²) in [6, 6.07) is 7.67. The third-order valence-corrected chi connectivity index (χ3v) is 6.80. The Labute approximate surface area is 216 Å². The number of aryl methyl sites for hydroxylation is 1. The number of likely N-dealkylation sites (tertiary alicyclic amines) is 2. The number of piperidine rings is 1. The third kappa shape index (κ3) is 5.30. The van der Waals surface area contributed by atoms with Gasteiger partial charge in [0, 0.05) is 37.1 Å². The van der Waals surface area contributed by atoms with Crippen LogP contribution < -0.4 is 4.74 Å². The highest BCUT2D eigenvalue weighted by molar-refractivity contribution is 6.46. The highest BCUT2D eigenvalue weighted by atomic mass is 16.6. The second-order valence-corrected chi connectivity index (χ2v) is 9.23. The molecule has 2 aliphatic heterocycles. The zero-order chi connectivity index (χ0) is 26.5. The van der Waals surface area contributed by atoms with Crippen LogP contribution in [0.5, 0.6) is 5.75 Å².